The normalized spacial score (nSPS) is 17.6. The van der Waals surface area contributed by atoms with Crippen LogP contribution in [0, 0.1) is 0 Å². The number of carbonyl (C=O) groups is 2. The van der Waals surface area contributed by atoms with E-state index in [0.29, 0.717) is 32.5 Å². The maximum absolute atomic E-state index is 13.2. The standard InChI is InChI=1S/C24H16ClN3O4S/c1-32-16-4-2-3-14(11-16)21(29)19-20(13-7-9-26-10-8-13)28(23(31)22(19)30)24-27-17-6-5-15(25)12-18(17)33-24/h2-12,20,29H,1H3. The molecular weight excluding hydrogens is 462 g/mol. The molecule has 9 heteroatoms. The van der Waals surface area contributed by atoms with Gasteiger partial charge in [-0.25, -0.2) is 4.98 Å². The van der Waals surface area contributed by atoms with Crippen LogP contribution in [0.2, 0.25) is 5.02 Å². The molecule has 1 unspecified atom stereocenters. The monoisotopic (exact) mass is 477 g/mol. The van der Waals surface area contributed by atoms with E-state index in [-0.39, 0.29) is 11.3 Å². The fraction of sp³-hybridized carbons (Fsp3) is 0.0833. The number of rotatable bonds is 4. The van der Waals surface area contributed by atoms with Crippen LogP contribution in [0.25, 0.3) is 16.0 Å². The minimum absolute atomic E-state index is 0.0308. The van der Waals surface area contributed by atoms with E-state index in [1.165, 1.54) is 23.3 Å². The molecule has 0 aliphatic carbocycles. The highest BCUT2D eigenvalue weighted by Crippen LogP contribution is 2.44. The molecule has 164 valence electrons. The number of carbonyl (C=O) groups excluding carboxylic acids is 2. The van der Waals surface area contributed by atoms with Gasteiger partial charge in [0.1, 0.15) is 11.5 Å². The number of anilines is 1. The van der Waals surface area contributed by atoms with Gasteiger partial charge in [0.2, 0.25) is 0 Å². The smallest absolute Gasteiger partial charge is 0.301 e. The van der Waals surface area contributed by atoms with Crippen LogP contribution >= 0.6 is 22.9 Å². The Balaban J connectivity index is 1.72. The number of aromatic nitrogens is 2. The molecule has 0 radical (unpaired) electrons. The summed E-state index contributed by atoms with van der Waals surface area (Å²) in [6.45, 7) is 0. The zero-order valence-electron chi connectivity index (χ0n) is 17.2. The Morgan fingerprint density at radius 2 is 1.91 bits per heavy atom. The average molecular weight is 478 g/mol. The molecule has 2 aromatic heterocycles. The molecule has 5 rings (SSSR count). The van der Waals surface area contributed by atoms with Crippen LogP contribution in [0.1, 0.15) is 17.2 Å². The van der Waals surface area contributed by atoms with Gasteiger partial charge in [0.25, 0.3) is 5.78 Å². The van der Waals surface area contributed by atoms with Crippen molar-refractivity contribution in [3.63, 3.8) is 0 Å². The molecule has 1 aliphatic rings. The maximum Gasteiger partial charge on any atom is 0.301 e. The van der Waals surface area contributed by atoms with Crippen molar-refractivity contribution in [1.82, 2.24) is 9.97 Å². The van der Waals surface area contributed by atoms with E-state index in [9.17, 15) is 14.7 Å². The summed E-state index contributed by atoms with van der Waals surface area (Å²) < 4.78 is 6.02. The highest BCUT2D eigenvalue weighted by atomic mass is 35.5. The van der Waals surface area contributed by atoms with E-state index >= 15 is 0 Å². The van der Waals surface area contributed by atoms with Crippen LogP contribution in [-0.4, -0.2) is 33.9 Å². The van der Waals surface area contributed by atoms with Gasteiger partial charge in [0.15, 0.2) is 5.13 Å². The molecule has 33 heavy (non-hydrogen) atoms. The molecule has 1 aliphatic heterocycles. The van der Waals surface area contributed by atoms with E-state index in [1.807, 2.05) is 0 Å². The van der Waals surface area contributed by atoms with Crippen molar-refractivity contribution >= 4 is 55.7 Å². The van der Waals surface area contributed by atoms with Crippen molar-refractivity contribution in [2.75, 3.05) is 12.0 Å². The number of halogens is 1. The number of fused-ring (bicyclic) bond motifs is 1. The summed E-state index contributed by atoms with van der Waals surface area (Å²) in [4.78, 5) is 36.4. The molecule has 7 nitrogen and oxygen atoms in total. The average Bonchev–Trinajstić information content (AvgIpc) is 3.37. The molecule has 4 aromatic rings. The molecule has 1 amide bonds. The van der Waals surface area contributed by atoms with Gasteiger partial charge in [0.05, 0.1) is 28.9 Å². The molecule has 1 atom stereocenters. The maximum atomic E-state index is 13.2. The number of Topliss-reactive ketones (excluding diaryl/α,β-unsaturated/α-hetero) is 1. The number of nitrogens with zero attached hydrogens (tertiary/aromatic N) is 3. The first-order chi connectivity index (χ1) is 16.0. The fourth-order valence-electron chi connectivity index (χ4n) is 3.81. The van der Waals surface area contributed by atoms with E-state index < -0.39 is 17.7 Å². The summed E-state index contributed by atoms with van der Waals surface area (Å²) >= 11 is 7.35. The van der Waals surface area contributed by atoms with Crippen LogP contribution in [0.5, 0.6) is 5.75 Å². The lowest BCUT2D eigenvalue weighted by Gasteiger charge is -2.22. The summed E-state index contributed by atoms with van der Waals surface area (Å²) in [7, 11) is 1.51. The summed E-state index contributed by atoms with van der Waals surface area (Å²) in [5, 5.41) is 12.1. The van der Waals surface area contributed by atoms with Gasteiger partial charge in [-0.2, -0.15) is 0 Å². The van der Waals surface area contributed by atoms with Gasteiger partial charge in [-0.05, 0) is 48.0 Å². The van der Waals surface area contributed by atoms with Crippen LogP contribution in [0.3, 0.4) is 0 Å². The third-order valence-electron chi connectivity index (χ3n) is 5.35. The number of aliphatic hydroxyl groups is 1. The molecule has 1 saturated heterocycles. The first-order valence-corrected chi connectivity index (χ1v) is 11.1. The van der Waals surface area contributed by atoms with E-state index in [2.05, 4.69) is 9.97 Å². The predicted molar refractivity (Wildman–Crippen MR) is 127 cm³/mol. The Morgan fingerprint density at radius 1 is 1.12 bits per heavy atom. The van der Waals surface area contributed by atoms with Gasteiger partial charge >= 0.3 is 5.91 Å². The molecular formula is C24H16ClN3O4S. The van der Waals surface area contributed by atoms with Gasteiger partial charge < -0.3 is 9.84 Å². The summed E-state index contributed by atoms with van der Waals surface area (Å²) in [6, 6.07) is 14.4. The number of hydrogen-bond donors (Lipinski definition) is 1. The zero-order chi connectivity index (χ0) is 23.1. The topological polar surface area (TPSA) is 92.6 Å². The van der Waals surface area contributed by atoms with Crippen molar-refractivity contribution in [1.29, 1.82) is 0 Å². The lowest BCUT2D eigenvalue weighted by molar-refractivity contribution is -0.132. The van der Waals surface area contributed by atoms with Gasteiger partial charge in [0, 0.05) is 23.0 Å². The lowest BCUT2D eigenvalue weighted by Crippen LogP contribution is -2.29. The second-order valence-electron chi connectivity index (χ2n) is 7.29. The Hall–Kier alpha value is -3.75. The van der Waals surface area contributed by atoms with E-state index in [0.717, 1.165) is 4.70 Å². The number of hydrogen-bond acceptors (Lipinski definition) is 7. The molecule has 2 aromatic carbocycles. The molecule has 1 N–H and O–H groups in total. The van der Waals surface area contributed by atoms with Crippen molar-refractivity contribution < 1.29 is 19.4 Å². The van der Waals surface area contributed by atoms with Gasteiger partial charge in [-0.15, -0.1) is 0 Å². The van der Waals surface area contributed by atoms with Crippen LogP contribution < -0.4 is 9.64 Å². The van der Waals surface area contributed by atoms with Crippen LogP contribution in [0.4, 0.5) is 5.13 Å². The fourth-order valence-corrected chi connectivity index (χ4v) is 5.07. The number of ketones is 1. The van der Waals surface area contributed by atoms with Crippen molar-refractivity contribution in [3.05, 3.63) is 88.7 Å². The molecule has 0 saturated carbocycles. The quantitative estimate of drug-likeness (QED) is 0.253. The Morgan fingerprint density at radius 3 is 2.67 bits per heavy atom. The first kappa shape index (κ1) is 21.1. The Labute approximate surface area is 197 Å². The minimum Gasteiger partial charge on any atom is -0.507 e. The van der Waals surface area contributed by atoms with Gasteiger partial charge in [-0.1, -0.05) is 35.1 Å². The number of methoxy groups -OCH3 is 1. The molecule has 0 bridgehead atoms. The second kappa shape index (κ2) is 8.31. The van der Waals surface area contributed by atoms with Crippen molar-refractivity contribution in [3.8, 4) is 5.75 Å². The van der Waals surface area contributed by atoms with Crippen LogP contribution in [-0.2, 0) is 9.59 Å². The number of aliphatic hydroxyl groups excluding tert-OH is 1. The van der Waals surface area contributed by atoms with E-state index in [4.69, 9.17) is 16.3 Å². The third kappa shape index (κ3) is 3.63. The zero-order valence-corrected chi connectivity index (χ0v) is 18.8. The third-order valence-corrected chi connectivity index (χ3v) is 6.61. The highest BCUT2D eigenvalue weighted by Gasteiger charge is 2.48. The predicted octanol–water partition coefficient (Wildman–Crippen LogP) is 4.98. The minimum atomic E-state index is -0.879. The van der Waals surface area contributed by atoms with Crippen molar-refractivity contribution in [2.24, 2.45) is 0 Å². The molecule has 3 heterocycles. The van der Waals surface area contributed by atoms with Gasteiger partial charge in [-0.3, -0.25) is 19.5 Å². The largest absolute Gasteiger partial charge is 0.507 e. The number of benzene rings is 2. The number of amides is 1. The summed E-state index contributed by atoms with van der Waals surface area (Å²) in [6.07, 6.45) is 3.14. The molecule has 1 fully saturated rings. The second-order valence-corrected chi connectivity index (χ2v) is 8.74. The molecule has 0 spiro atoms. The highest BCUT2D eigenvalue weighted by molar-refractivity contribution is 7.22. The summed E-state index contributed by atoms with van der Waals surface area (Å²) in [5.74, 6) is -1.35. The number of thiazole rings is 1. The van der Waals surface area contributed by atoms with Crippen molar-refractivity contribution in [2.45, 2.75) is 6.04 Å². The summed E-state index contributed by atoms with van der Waals surface area (Å²) in [5.41, 5.74) is 1.60. The van der Waals surface area contributed by atoms with Crippen LogP contribution in [0.15, 0.2) is 72.6 Å². The first-order valence-electron chi connectivity index (χ1n) is 9.89. The van der Waals surface area contributed by atoms with E-state index in [1.54, 1.807) is 67.0 Å². The lowest BCUT2D eigenvalue weighted by atomic mass is 9.96. The SMILES string of the molecule is COc1cccc(C(O)=C2C(=O)C(=O)N(c3nc4ccc(Cl)cc4s3)C2c2ccncc2)c1. The Bertz CT molecular complexity index is 1430. The number of ether oxygens (including phenoxy) is 1. The Kier molecular flexibility index (Phi) is 5.32. The number of pyridine rings is 1.